The van der Waals surface area contributed by atoms with Crippen molar-refractivity contribution in [3.05, 3.63) is 0 Å². The van der Waals surface area contributed by atoms with E-state index in [2.05, 4.69) is 24.2 Å². The quantitative estimate of drug-likeness (QED) is 0.396. The lowest BCUT2D eigenvalue weighted by Gasteiger charge is -2.32. The molecule has 0 radical (unpaired) electrons. The summed E-state index contributed by atoms with van der Waals surface area (Å²) in [6, 6.07) is 0.500. The summed E-state index contributed by atoms with van der Waals surface area (Å²) in [6.07, 6.45) is 2.31. The molecule has 3 N–H and O–H groups in total. The topological polar surface area (TPSA) is 58.4 Å². The number of rotatable bonds is 6. The highest BCUT2D eigenvalue weighted by atomic mass is 16.2. The monoisotopic (exact) mass is 215 g/mol. The zero-order valence-corrected chi connectivity index (χ0v) is 10.6. The number of carbonyl (C=O) groups excluding carboxylic acids is 1. The zero-order valence-electron chi connectivity index (χ0n) is 10.6. The van der Waals surface area contributed by atoms with Gasteiger partial charge in [-0.3, -0.25) is 10.2 Å². The van der Waals surface area contributed by atoms with E-state index in [0.717, 1.165) is 19.4 Å². The summed E-state index contributed by atoms with van der Waals surface area (Å²) >= 11 is 0. The van der Waals surface area contributed by atoms with Gasteiger partial charge in [0, 0.05) is 12.6 Å². The largest absolute Gasteiger partial charge is 0.303 e. The molecule has 0 aromatic carbocycles. The van der Waals surface area contributed by atoms with Gasteiger partial charge in [0.2, 0.25) is 5.91 Å². The van der Waals surface area contributed by atoms with Crippen molar-refractivity contribution in [1.29, 1.82) is 0 Å². The fourth-order valence-electron chi connectivity index (χ4n) is 1.68. The maximum Gasteiger partial charge on any atom is 0.240 e. The third-order valence-electron chi connectivity index (χ3n) is 2.85. The van der Waals surface area contributed by atoms with Crippen LogP contribution in [0.25, 0.3) is 0 Å². The van der Waals surface area contributed by atoms with E-state index in [1.807, 2.05) is 20.9 Å². The molecule has 15 heavy (non-hydrogen) atoms. The molecule has 0 aliphatic carbocycles. The minimum absolute atomic E-state index is 0.113. The summed E-state index contributed by atoms with van der Waals surface area (Å²) in [5.41, 5.74) is 1.78. The van der Waals surface area contributed by atoms with Crippen molar-refractivity contribution in [1.82, 2.24) is 10.3 Å². The summed E-state index contributed by atoms with van der Waals surface area (Å²) in [6.45, 7) is 8.88. The molecular weight excluding hydrogens is 190 g/mol. The molecule has 1 atom stereocenters. The summed E-state index contributed by atoms with van der Waals surface area (Å²) < 4.78 is 0. The van der Waals surface area contributed by atoms with Crippen molar-refractivity contribution in [3.63, 3.8) is 0 Å². The molecule has 0 heterocycles. The normalized spacial score (nSPS) is 14.1. The Kier molecular flexibility index (Phi) is 5.83. The van der Waals surface area contributed by atoms with Crippen LogP contribution in [0.4, 0.5) is 0 Å². The maximum atomic E-state index is 11.5. The fraction of sp³-hybridized carbons (Fsp3) is 0.909. The van der Waals surface area contributed by atoms with E-state index in [0.29, 0.717) is 6.04 Å². The van der Waals surface area contributed by atoms with Gasteiger partial charge in [-0.05, 0) is 34.2 Å². The van der Waals surface area contributed by atoms with Crippen LogP contribution in [-0.4, -0.2) is 30.4 Å². The average molecular weight is 215 g/mol. The number of hydrogen-bond donors (Lipinski definition) is 2. The number of hydrazine groups is 1. The Balaban J connectivity index is 4.26. The van der Waals surface area contributed by atoms with Gasteiger partial charge in [0.05, 0.1) is 5.41 Å². The molecule has 0 spiro atoms. The average Bonchev–Trinajstić information content (AvgIpc) is 2.16. The highest BCUT2D eigenvalue weighted by molar-refractivity contribution is 5.81. The summed E-state index contributed by atoms with van der Waals surface area (Å²) in [7, 11) is 2.05. The second kappa shape index (κ2) is 6.08. The molecule has 0 aliphatic heterocycles. The first kappa shape index (κ1) is 14.4. The lowest BCUT2D eigenvalue weighted by atomic mass is 9.91. The Morgan fingerprint density at radius 1 is 1.53 bits per heavy atom. The molecule has 0 aliphatic rings. The van der Waals surface area contributed by atoms with Crippen LogP contribution in [0.1, 0.15) is 40.5 Å². The number of nitrogens with one attached hydrogen (secondary N) is 1. The summed E-state index contributed by atoms with van der Waals surface area (Å²) in [5.74, 6) is 5.04. The zero-order chi connectivity index (χ0) is 12.1. The molecule has 90 valence electrons. The van der Waals surface area contributed by atoms with Gasteiger partial charge in [0.15, 0.2) is 0 Å². The second-order valence-corrected chi connectivity index (χ2v) is 4.91. The molecule has 0 fully saturated rings. The number of amides is 1. The van der Waals surface area contributed by atoms with Crippen molar-refractivity contribution in [2.24, 2.45) is 11.3 Å². The van der Waals surface area contributed by atoms with E-state index in [4.69, 9.17) is 5.84 Å². The lowest BCUT2D eigenvalue weighted by molar-refractivity contribution is -0.130. The molecule has 0 bridgehead atoms. The molecule has 0 rings (SSSR count). The van der Waals surface area contributed by atoms with Crippen LogP contribution in [0.15, 0.2) is 0 Å². The Hall–Kier alpha value is -0.610. The van der Waals surface area contributed by atoms with Gasteiger partial charge in [0.1, 0.15) is 0 Å². The molecule has 0 saturated heterocycles. The van der Waals surface area contributed by atoms with Crippen molar-refractivity contribution < 1.29 is 4.79 Å². The van der Waals surface area contributed by atoms with E-state index in [1.165, 1.54) is 0 Å². The van der Waals surface area contributed by atoms with Gasteiger partial charge in [-0.15, -0.1) is 0 Å². The van der Waals surface area contributed by atoms with Gasteiger partial charge in [-0.25, -0.2) is 5.84 Å². The molecule has 0 aromatic rings. The van der Waals surface area contributed by atoms with E-state index in [1.54, 1.807) is 0 Å². The summed E-state index contributed by atoms with van der Waals surface area (Å²) in [5, 5.41) is 0. The summed E-state index contributed by atoms with van der Waals surface area (Å²) in [4.78, 5) is 13.7. The Labute approximate surface area is 93.2 Å². The van der Waals surface area contributed by atoms with Gasteiger partial charge >= 0.3 is 0 Å². The SMILES string of the molecule is CCCC(C)N(C)CC(C)(C)C(=O)NN. The molecule has 1 amide bonds. The third kappa shape index (κ3) is 4.62. The van der Waals surface area contributed by atoms with Crippen LogP contribution in [0, 0.1) is 5.41 Å². The van der Waals surface area contributed by atoms with Crippen LogP contribution in [0.5, 0.6) is 0 Å². The van der Waals surface area contributed by atoms with Crippen LogP contribution in [0.3, 0.4) is 0 Å². The van der Waals surface area contributed by atoms with E-state index in [-0.39, 0.29) is 5.91 Å². The van der Waals surface area contributed by atoms with Crippen LogP contribution in [0.2, 0.25) is 0 Å². The lowest BCUT2D eigenvalue weighted by Crippen LogP contribution is -2.48. The second-order valence-electron chi connectivity index (χ2n) is 4.91. The minimum atomic E-state index is -0.439. The molecular formula is C11H25N3O. The van der Waals surface area contributed by atoms with Crippen molar-refractivity contribution >= 4 is 5.91 Å². The van der Waals surface area contributed by atoms with Gasteiger partial charge in [0.25, 0.3) is 0 Å². The Bertz CT molecular complexity index is 204. The highest BCUT2D eigenvalue weighted by Gasteiger charge is 2.29. The van der Waals surface area contributed by atoms with E-state index < -0.39 is 5.41 Å². The molecule has 1 unspecified atom stereocenters. The smallest absolute Gasteiger partial charge is 0.240 e. The van der Waals surface area contributed by atoms with Crippen LogP contribution >= 0.6 is 0 Å². The van der Waals surface area contributed by atoms with Crippen molar-refractivity contribution in [2.45, 2.75) is 46.6 Å². The predicted molar refractivity (Wildman–Crippen MR) is 63.1 cm³/mol. The van der Waals surface area contributed by atoms with Gasteiger partial charge < -0.3 is 4.90 Å². The first-order valence-electron chi connectivity index (χ1n) is 5.56. The van der Waals surface area contributed by atoms with Crippen molar-refractivity contribution in [2.75, 3.05) is 13.6 Å². The van der Waals surface area contributed by atoms with Gasteiger partial charge in [-0.2, -0.15) is 0 Å². The van der Waals surface area contributed by atoms with Gasteiger partial charge in [-0.1, -0.05) is 13.3 Å². The number of hydrogen-bond acceptors (Lipinski definition) is 3. The Morgan fingerprint density at radius 3 is 2.47 bits per heavy atom. The number of nitrogens with zero attached hydrogens (tertiary/aromatic N) is 1. The van der Waals surface area contributed by atoms with E-state index >= 15 is 0 Å². The van der Waals surface area contributed by atoms with E-state index in [9.17, 15) is 4.79 Å². The fourth-order valence-corrected chi connectivity index (χ4v) is 1.68. The standard InChI is InChI=1S/C11H25N3O/c1-6-7-9(2)14(5)8-11(3,4)10(15)13-12/h9H,6-8,12H2,1-5H3,(H,13,15). The van der Waals surface area contributed by atoms with Crippen LogP contribution in [-0.2, 0) is 4.79 Å². The first-order chi connectivity index (χ1) is 6.85. The minimum Gasteiger partial charge on any atom is -0.303 e. The third-order valence-corrected chi connectivity index (χ3v) is 2.85. The highest BCUT2D eigenvalue weighted by Crippen LogP contribution is 2.18. The number of nitrogens with two attached hydrogens (primary N) is 1. The molecule has 4 nitrogen and oxygen atoms in total. The van der Waals surface area contributed by atoms with Crippen LogP contribution < -0.4 is 11.3 Å². The number of carbonyl (C=O) groups is 1. The first-order valence-corrected chi connectivity index (χ1v) is 5.56. The maximum absolute atomic E-state index is 11.5. The van der Waals surface area contributed by atoms with Crippen molar-refractivity contribution in [3.8, 4) is 0 Å². The molecule has 0 saturated carbocycles. The predicted octanol–water partition coefficient (Wildman–Crippen LogP) is 1.12. The Morgan fingerprint density at radius 2 is 2.07 bits per heavy atom. The molecule has 0 aromatic heterocycles. The molecule has 4 heteroatoms.